The maximum Gasteiger partial charge on any atom is 0.416 e. The monoisotopic (exact) mass is 428 g/mol. The molecule has 0 spiro atoms. The fraction of sp³-hybridized carbons (Fsp3) is 0.263. The Bertz CT molecular complexity index is 920. The highest BCUT2D eigenvalue weighted by atomic mass is 35.5. The largest absolute Gasteiger partial charge is 0.416 e. The summed E-state index contributed by atoms with van der Waals surface area (Å²) in [5.74, 6) is -0.862. The van der Waals surface area contributed by atoms with Crippen LogP contribution in [-0.2, 0) is 15.8 Å². The Morgan fingerprint density at radius 1 is 1.29 bits per heavy atom. The van der Waals surface area contributed by atoms with E-state index in [1.165, 1.54) is 16.7 Å². The highest BCUT2D eigenvalue weighted by molar-refractivity contribution is 8.00. The van der Waals surface area contributed by atoms with Crippen molar-refractivity contribution in [2.24, 2.45) is 0 Å². The molecule has 0 aliphatic carbocycles. The number of carbonyl (C=O) groups is 2. The number of hydrogen-bond donors (Lipinski definition) is 1. The molecule has 1 heterocycles. The van der Waals surface area contributed by atoms with E-state index in [0.29, 0.717) is 5.69 Å². The first-order valence-corrected chi connectivity index (χ1v) is 9.63. The highest BCUT2D eigenvalue weighted by Crippen LogP contribution is 2.38. The fourth-order valence-corrected chi connectivity index (χ4v) is 4.11. The molecule has 0 bridgehead atoms. The smallest absolute Gasteiger partial charge is 0.323 e. The van der Waals surface area contributed by atoms with Gasteiger partial charge in [0.25, 0.3) is 0 Å². The summed E-state index contributed by atoms with van der Waals surface area (Å²) >= 11 is 7.46. The van der Waals surface area contributed by atoms with Gasteiger partial charge in [-0.05, 0) is 30.3 Å². The number of halogens is 4. The molecule has 9 heteroatoms. The van der Waals surface area contributed by atoms with Crippen molar-refractivity contribution in [3.63, 3.8) is 0 Å². The van der Waals surface area contributed by atoms with Crippen LogP contribution in [0.1, 0.15) is 18.9 Å². The summed E-state index contributed by atoms with van der Waals surface area (Å²) in [5, 5.41) is 2.40. The van der Waals surface area contributed by atoms with Crippen LogP contribution in [0.3, 0.4) is 0 Å². The van der Waals surface area contributed by atoms with E-state index < -0.39 is 17.6 Å². The molecular weight excluding hydrogens is 413 g/mol. The Hall–Kier alpha value is -2.19. The third kappa shape index (κ3) is 4.62. The number of benzene rings is 2. The van der Waals surface area contributed by atoms with Crippen LogP contribution in [-0.4, -0.2) is 23.6 Å². The molecule has 2 amide bonds. The molecule has 0 saturated carbocycles. The van der Waals surface area contributed by atoms with Crippen molar-refractivity contribution in [1.82, 2.24) is 0 Å². The van der Waals surface area contributed by atoms with Gasteiger partial charge in [0.05, 0.1) is 22.0 Å². The second kappa shape index (κ2) is 8.05. The molecule has 1 aliphatic rings. The van der Waals surface area contributed by atoms with E-state index in [1.807, 2.05) is 19.1 Å². The lowest BCUT2D eigenvalue weighted by Crippen LogP contribution is -2.38. The summed E-state index contributed by atoms with van der Waals surface area (Å²) in [6.45, 7) is 1.60. The maximum atomic E-state index is 12.9. The molecule has 2 aromatic carbocycles. The van der Waals surface area contributed by atoms with Crippen molar-refractivity contribution >= 4 is 46.6 Å². The van der Waals surface area contributed by atoms with Gasteiger partial charge in [-0.1, -0.05) is 30.7 Å². The van der Waals surface area contributed by atoms with E-state index >= 15 is 0 Å². The molecular formula is C19H16ClF3N2O2S. The van der Waals surface area contributed by atoms with Crippen molar-refractivity contribution in [3.8, 4) is 0 Å². The number of carbonyl (C=O) groups excluding carboxylic acids is 2. The van der Waals surface area contributed by atoms with Crippen molar-refractivity contribution in [2.45, 2.75) is 29.7 Å². The topological polar surface area (TPSA) is 49.4 Å². The molecule has 1 N–H and O–H groups in total. The SMILES string of the molecule is CC1CC(=O)N(CC(=O)Nc2cc(C(F)(F)F)ccc2Cl)c2ccccc2S1. The lowest BCUT2D eigenvalue weighted by Gasteiger charge is -2.22. The average Bonchev–Trinajstić information content (AvgIpc) is 2.72. The van der Waals surface area contributed by atoms with Gasteiger partial charge >= 0.3 is 6.18 Å². The van der Waals surface area contributed by atoms with Crippen molar-refractivity contribution in [1.29, 1.82) is 0 Å². The molecule has 0 radical (unpaired) electrons. The lowest BCUT2D eigenvalue weighted by atomic mass is 10.2. The Morgan fingerprint density at radius 3 is 2.71 bits per heavy atom. The second-order valence-electron chi connectivity index (χ2n) is 6.32. The fourth-order valence-electron chi connectivity index (χ4n) is 2.83. The molecule has 0 saturated heterocycles. The highest BCUT2D eigenvalue weighted by Gasteiger charge is 2.31. The number of amides is 2. The van der Waals surface area contributed by atoms with Crippen LogP contribution in [0.25, 0.3) is 0 Å². The summed E-state index contributed by atoms with van der Waals surface area (Å²) in [4.78, 5) is 27.3. The van der Waals surface area contributed by atoms with Gasteiger partial charge in [0.2, 0.25) is 11.8 Å². The molecule has 2 aromatic rings. The zero-order valence-electron chi connectivity index (χ0n) is 14.7. The molecule has 28 heavy (non-hydrogen) atoms. The minimum atomic E-state index is -4.56. The summed E-state index contributed by atoms with van der Waals surface area (Å²) < 4.78 is 38.7. The Morgan fingerprint density at radius 2 is 2.00 bits per heavy atom. The third-order valence-electron chi connectivity index (χ3n) is 4.12. The first-order valence-electron chi connectivity index (χ1n) is 8.38. The molecule has 0 aromatic heterocycles. The zero-order valence-corrected chi connectivity index (χ0v) is 16.3. The van der Waals surface area contributed by atoms with E-state index in [1.54, 1.807) is 12.1 Å². The summed E-state index contributed by atoms with van der Waals surface area (Å²) in [6.07, 6.45) is -4.31. The van der Waals surface area contributed by atoms with E-state index in [0.717, 1.165) is 23.1 Å². The van der Waals surface area contributed by atoms with Crippen LogP contribution in [0.5, 0.6) is 0 Å². The first-order chi connectivity index (χ1) is 13.1. The van der Waals surface area contributed by atoms with Crippen LogP contribution in [0.15, 0.2) is 47.4 Å². The summed E-state index contributed by atoms with van der Waals surface area (Å²) in [5.41, 5.74) is -0.472. The molecule has 4 nitrogen and oxygen atoms in total. The average molecular weight is 429 g/mol. The van der Waals surface area contributed by atoms with Gasteiger partial charge in [-0.25, -0.2) is 0 Å². The number of nitrogens with one attached hydrogen (secondary N) is 1. The maximum absolute atomic E-state index is 12.9. The van der Waals surface area contributed by atoms with Gasteiger partial charge in [-0.2, -0.15) is 13.2 Å². The van der Waals surface area contributed by atoms with E-state index in [-0.39, 0.29) is 34.8 Å². The van der Waals surface area contributed by atoms with Crippen LogP contribution >= 0.6 is 23.4 Å². The predicted molar refractivity (Wildman–Crippen MR) is 104 cm³/mol. The normalized spacial score (nSPS) is 17.1. The van der Waals surface area contributed by atoms with Gasteiger partial charge < -0.3 is 10.2 Å². The number of hydrogen-bond acceptors (Lipinski definition) is 3. The summed E-state index contributed by atoms with van der Waals surface area (Å²) in [6, 6.07) is 9.89. The van der Waals surface area contributed by atoms with Gasteiger partial charge in [0.15, 0.2) is 0 Å². The number of fused-ring (bicyclic) bond motifs is 1. The minimum Gasteiger partial charge on any atom is -0.323 e. The van der Waals surface area contributed by atoms with Crippen LogP contribution in [0.4, 0.5) is 24.5 Å². The van der Waals surface area contributed by atoms with Gasteiger partial charge in [0, 0.05) is 16.6 Å². The van der Waals surface area contributed by atoms with Crippen molar-refractivity contribution in [2.75, 3.05) is 16.8 Å². The lowest BCUT2D eigenvalue weighted by molar-refractivity contribution is -0.137. The van der Waals surface area contributed by atoms with Crippen molar-refractivity contribution in [3.05, 3.63) is 53.1 Å². The van der Waals surface area contributed by atoms with Gasteiger partial charge in [0.1, 0.15) is 6.54 Å². The number of alkyl halides is 3. The number of anilines is 2. The Kier molecular flexibility index (Phi) is 5.90. The van der Waals surface area contributed by atoms with Crippen LogP contribution in [0.2, 0.25) is 5.02 Å². The first kappa shape index (κ1) is 20.5. The molecule has 0 fully saturated rings. The van der Waals surface area contributed by atoms with Gasteiger partial charge in [-0.15, -0.1) is 11.8 Å². The van der Waals surface area contributed by atoms with E-state index in [2.05, 4.69) is 5.32 Å². The molecule has 1 aliphatic heterocycles. The Labute approximate surface area is 169 Å². The quantitative estimate of drug-likeness (QED) is 0.729. The Balaban J connectivity index is 1.82. The molecule has 1 atom stereocenters. The molecule has 1 unspecified atom stereocenters. The zero-order chi connectivity index (χ0) is 20.5. The van der Waals surface area contributed by atoms with E-state index in [9.17, 15) is 22.8 Å². The van der Waals surface area contributed by atoms with Crippen LogP contribution < -0.4 is 10.2 Å². The van der Waals surface area contributed by atoms with Crippen molar-refractivity contribution < 1.29 is 22.8 Å². The third-order valence-corrected chi connectivity index (χ3v) is 5.61. The second-order valence-corrected chi connectivity index (χ2v) is 8.21. The van der Waals surface area contributed by atoms with Gasteiger partial charge in [-0.3, -0.25) is 9.59 Å². The number of nitrogens with zero attached hydrogens (tertiary/aromatic N) is 1. The number of rotatable bonds is 3. The number of para-hydroxylation sites is 1. The van der Waals surface area contributed by atoms with Crippen LogP contribution in [0, 0.1) is 0 Å². The molecule has 148 valence electrons. The molecule has 3 rings (SSSR count). The number of thioether (sulfide) groups is 1. The summed E-state index contributed by atoms with van der Waals surface area (Å²) in [7, 11) is 0. The minimum absolute atomic E-state index is 0.0203. The predicted octanol–water partition coefficient (Wildman–Crippen LogP) is 5.21. The standard InChI is InChI=1S/C19H16ClF3N2O2S/c1-11-8-18(27)25(15-4-2-3-5-16(15)28-11)10-17(26)24-14-9-12(19(21,22)23)6-7-13(14)20/h2-7,9,11H,8,10H2,1H3,(H,24,26). The van der Waals surface area contributed by atoms with E-state index in [4.69, 9.17) is 11.6 Å².